The highest BCUT2D eigenvalue weighted by atomic mass is 16.7. The number of piperidine rings is 1. The van der Waals surface area contributed by atoms with Crippen LogP contribution < -0.4 is 20.4 Å². The van der Waals surface area contributed by atoms with Crippen molar-refractivity contribution in [2.24, 2.45) is 11.8 Å². The Labute approximate surface area is 157 Å². The lowest BCUT2D eigenvalue weighted by Gasteiger charge is -2.23. The van der Waals surface area contributed by atoms with Gasteiger partial charge in [-0.05, 0) is 89.7 Å². The van der Waals surface area contributed by atoms with Crippen LogP contribution in [0, 0.1) is 11.8 Å². The van der Waals surface area contributed by atoms with E-state index in [9.17, 15) is 0 Å². The summed E-state index contributed by atoms with van der Waals surface area (Å²) in [4.78, 5) is 8.16. The van der Waals surface area contributed by atoms with Gasteiger partial charge in [-0.3, -0.25) is 0 Å². The van der Waals surface area contributed by atoms with Crippen LogP contribution in [-0.4, -0.2) is 38.7 Å². The second-order valence-electron chi connectivity index (χ2n) is 8.50. The van der Waals surface area contributed by atoms with Gasteiger partial charge < -0.3 is 19.8 Å². The number of nitrogens with one attached hydrogen (secondary N) is 2. The summed E-state index contributed by atoms with van der Waals surface area (Å²) in [6.45, 7) is 4.02. The van der Waals surface area contributed by atoms with Crippen molar-refractivity contribution < 1.29 is 9.57 Å². The maximum atomic E-state index is 6.14. The van der Waals surface area contributed by atoms with Crippen LogP contribution in [0.4, 0.5) is 0 Å². The highest BCUT2D eigenvalue weighted by Crippen LogP contribution is 2.42. The van der Waals surface area contributed by atoms with E-state index in [1.54, 1.807) is 0 Å². The highest BCUT2D eigenvalue weighted by Gasteiger charge is 2.30. The van der Waals surface area contributed by atoms with Crippen LogP contribution >= 0.6 is 0 Å². The van der Waals surface area contributed by atoms with Crippen molar-refractivity contribution in [3.8, 4) is 11.5 Å². The Morgan fingerprint density at radius 3 is 2.62 bits per heavy atom. The van der Waals surface area contributed by atoms with E-state index in [1.165, 1.54) is 56.3 Å². The van der Waals surface area contributed by atoms with Gasteiger partial charge in [-0.25, -0.2) is 0 Å². The zero-order valence-corrected chi connectivity index (χ0v) is 16.2. The molecule has 1 aliphatic carbocycles. The molecular weight excluding hydrogens is 326 g/mol. The lowest BCUT2D eigenvalue weighted by Crippen LogP contribution is -2.28. The Morgan fingerprint density at radius 1 is 1.08 bits per heavy atom. The molecule has 4 rings (SSSR count). The molecule has 2 N–H and O–H groups in total. The van der Waals surface area contributed by atoms with E-state index >= 15 is 0 Å². The molecule has 0 bridgehead atoms. The monoisotopic (exact) mass is 359 g/mol. The summed E-state index contributed by atoms with van der Waals surface area (Å²) in [7, 11) is 4.20. The van der Waals surface area contributed by atoms with E-state index in [2.05, 4.69) is 41.9 Å². The van der Waals surface area contributed by atoms with Gasteiger partial charge in [0, 0.05) is 12.1 Å². The van der Waals surface area contributed by atoms with Crippen LogP contribution in [0.2, 0.25) is 0 Å². The van der Waals surface area contributed by atoms with Crippen molar-refractivity contribution in [2.45, 2.75) is 51.1 Å². The van der Waals surface area contributed by atoms with Crippen molar-refractivity contribution in [1.29, 1.82) is 0 Å². The molecule has 1 aromatic carbocycles. The number of hydrogen-bond donors (Lipinski definition) is 2. The molecule has 5 heteroatoms. The van der Waals surface area contributed by atoms with Crippen LogP contribution in [0.25, 0.3) is 0 Å². The summed E-state index contributed by atoms with van der Waals surface area (Å²) >= 11 is 0. The molecule has 1 atom stereocenters. The standard InChI is InChI=1S/C21H33N3O2/c1-24(2)13-18-20(25-14-16-3-4-16)8-6-17-19(23-26-21(17)18)7-5-15-9-11-22-12-10-15/h6,8,15-16,19,22-23H,3-5,7,9-14H2,1-2H3. The van der Waals surface area contributed by atoms with Crippen LogP contribution in [0.3, 0.4) is 0 Å². The number of ether oxygens (including phenoxy) is 1. The number of benzene rings is 1. The maximum absolute atomic E-state index is 6.14. The third kappa shape index (κ3) is 4.33. The van der Waals surface area contributed by atoms with Crippen molar-refractivity contribution in [3.05, 3.63) is 23.3 Å². The van der Waals surface area contributed by atoms with Gasteiger partial charge >= 0.3 is 0 Å². The molecule has 1 aromatic rings. The molecule has 2 aliphatic heterocycles. The fraction of sp³-hybridized carbons (Fsp3) is 0.714. The molecule has 0 amide bonds. The van der Waals surface area contributed by atoms with Gasteiger partial charge in [-0.1, -0.05) is 0 Å². The lowest BCUT2D eigenvalue weighted by molar-refractivity contribution is 0.178. The maximum Gasteiger partial charge on any atom is 0.160 e. The van der Waals surface area contributed by atoms with Gasteiger partial charge in [0.2, 0.25) is 0 Å². The number of rotatable bonds is 8. The summed E-state index contributed by atoms with van der Waals surface area (Å²) in [6, 6.07) is 4.68. The van der Waals surface area contributed by atoms with Gasteiger partial charge in [0.1, 0.15) is 5.75 Å². The van der Waals surface area contributed by atoms with Crippen LogP contribution in [0.1, 0.15) is 55.7 Å². The quantitative estimate of drug-likeness (QED) is 0.746. The van der Waals surface area contributed by atoms with Crippen LogP contribution in [0.5, 0.6) is 11.5 Å². The average molecular weight is 360 g/mol. The molecule has 144 valence electrons. The molecule has 0 radical (unpaired) electrons. The Balaban J connectivity index is 1.46. The first kappa shape index (κ1) is 18.1. The van der Waals surface area contributed by atoms with Gasteiger partial charge in [0.25, 0.3) is 0 Å². The fourth-order valence-electron chi connectivity index (χ4n) is 4.10. The zero-order chi connectivity index (χ0) is 17.9. The minimum Gasteiger partial charge on any atom is -0.493 e. The number of hydrogen-bond acceptors (Lipinski definition) is 5. The highest BCUT2D eigenvalue weighted by molar-refractivity contribution is 5.52. The Kier molecular flexibility index (Phi) is 5.67. The first-order chi connectivity index (χ1) is 12.7. The number of nitrogens with zero attached hydrogens (tertiary/aromatic N) is 1. The summed E-state index contributed by atoms with van der Waals surface area (Å²) < 4.78 is 6.14. The van der Waals surface area contributed by atoms with E-state index in [4.69, 9.17) is 9.57 Å². The second-order valence-corrected chi connectivity index (χ2v) is 8.50. The first-order valence-electron chi connectivity index (χ1n) is 10.3. The second kappa shape index (κ2) is 8.15. The number of fused-ring (bicyclic) bond motifs is 1. The van der Waals surface area contributed by atoms with Gasteiger partial charge in [-0.15, -0.1) is 5.48 Å². The minimum atomic E-state index is 0.304. The average Bonchev–Trinajstić information content (AvgIpc) is 3.38. The topological polar surface area (TPSA) is 45.8 Å². The fourth-order valence-corrected chi connectivity index (χ4v) is 4.10. The van der Waals surface area contributed by atoms with E-state index in [1.807, 2.05) is 0 Å². The third-order valence-electron chi connectivity index (χ3n) is 5.89. The molecule has 1 saturated carbocycles. The van der Waals surface area contributed by atoms with E-state index in [-0.39, 0.29) is 0 Å². The molecule has 1 saturated heterocycles. The van der Waals surface area contributed by atoms with E-state index in [0.717, 1.165) is 42.9 Å². The van der Waals surface area contributed by atoms with Crippen LogP contribution in [-0.2, 0) is 6.54 Å². The Morgan fingerprint density at radius 2 is 1.88 bits per heavy atom. The van der Waals surface area contributed by atoms with E-state index < -0.39 is 0 Å². The minimum absolute atomic E-state index is 0.304. The predicted molar refractivity (Wildman–Crippen MR) is 103 cm³/mol. The summed E-state index contributed by atoms with van der Waals surface area (Å²) in [5.74, 6) is 3.60. The molecule has 2 heterocycles. The van der Waals surface area contributed by atoms with Crippen molar-refractivity contribution in [2.75, 3.05) is 33.8 Å². The van der Waals surface area contributed by atoms with Crippen molar-refractivity contribution in [3.63, 3.8) is 0 Å². The van der Waals surface area contributed by atoms with Gasteiger partial charge in [0.05, 0.1) is 18.2 Å². The zero-order valence-electron chi connectivity index (χ0n) is 16.2. The lowest BCUT2D eigenvalue weighted by atomic mass is 9.89. The van der Waals surface area contributed by atoms with E-state index in [0.29, 0.717) is 6.04 Å². The largest absolute Gasteiger partial charge is 0.493 e. The van der Waals surface area contributed by atoms with Crippen LogP contribution in [0.15, 0.2) is 12.1 Å². The Hall–Kier alpha value is -1.30. The summed E-state index contributed by atoms with van der Waals surface area (Å²) in [5.41, 5.74) is 5.78. The third-order valence-corrected chi connectivity index (χ3v) is 5.89. The molecule has 3 aliphatic rings. The Bertz CT molecular complexity index is 610. The molecule has 0 spiro atoms. The molecular formula is C21H33N3O2. The summed E-state index contributed by atoms with van der Waals surface area (Å²) in [5, 5.41) is 3.46. The van der Waals surface area contributed by atoms with Gasteiger partial charge in [0.15, 0.2) is 5.75 Å². The smallest absolute Gasteiger partial charge is 0.160 e. The molecule has 2 fully saturated rings. The van der Waals surface area contributed by atoms with Gasteiger partial charge in [-0.2, -0.15) is 0 Å². The first-order valence-corrected chi connectivity index (χ1v) is 10.3. The molecule has 0 aromatic heterocycles. The van der Waals surface area contributed by atoms with Crippen molar-refractivity contribution >= 4 is 0 Å². The number of hydroxylamine groups is 1. The molecule has 1 unspecified atom stereocenters. The normalized spacial score (nSPS) is 23.1. The predicted octanol–water partition coefficient (Wildman–Crippen LogP) is 3.25. The summed E-state index contributed by atoms with van der Waals surface area (Å²) in [6.07, 6.45) is 7.64. The molecule has 26 heavy (non-hydrogen) atoms. The molecule has 5 nitrogen and oxygen atoms in total. The van der Waals surface area contributed by atoms with Crippen molar-refractivity contribution in [1.82, 2.24) is 15.7 Å². The SMILES string of the molecule is CN(C)Cc1c(OCC2CC2)ccc2c1ONC2CCC1CCNCC1.